The van der Waals surface area contributed by atoms with E-state index in [-0.39, 0.29) is 6.04 Å². The van der Waals surface area contributed by atoms with Gasteiger partial charge in [0.15, 0.2) is 0 Å². The van der Waals surface area contributed by atoms with E-state index in [9.17, 15) is 0 Å². The molecule has 0 aromatic heterocycles. The molecule has 0 fully saturated rings. The molecule has 0 amide bonds. The van der Waals surface area contributed by atoms with Gasteiger partial charge in [-0.25, -0.2) is 0 Å². The Balaban J connectivity index is 2.04. The molecule has 0 bridgehead atoms. The molecule has 2 aromatic rings. The minimum absolute atomic E-state index is 0.208. The van der Waals surface area contributed by atoms with Gasteiger partial charge in [0.2, 0.25) is 0 Å². The van der Waals surface area contributed by atoms with Crippen LogP contribution in [0.15, 0.2) is 48.5 Å². The van der Waals surface area contributed by atoms with Crippen molar-refractivity contribution in [1.82, 2.24) is 5.32 Å². The largest absolute Gasteiger partial charge is 0.380 e. The Hall–Kier alpha value is -1.35. The first-order valence-corrected chi connectivity index (χ1v) is 7.13. The summed E-state index contributed by atoms with van der Waals surface area (Å²) in [6, 6.07) is 16.5. The molecule has 106 valence electrons. The summed E-state index contributed by atoms with van der Waals surface area (Å²) in [6.45, 7) is 3.56. The van der Waals surface area contributed by atoms with Crippen molar-refractivity contribution in [3.63, 3.8) is 0 Å². The van der Waals surface area contributed by atoms with Crippen LogP contribution < -0.4 is 5.32 Å². The van der Waals surface area contributed by atoms with Gasteiger partial charge >= 0.3 is 0 Å². The summed E-state index contributed by atoms with van der Waals surface area (Å²) in [7, 11) is 1.72. The number of nitrogens with one attached hydrogen (secondary N) is 1. The van der Waals surface area contributed by atoms with Gasteiger partial charge in [0.1, 0.15) is 0 Å². The van der Waals surface area contributed by atoms with E-state index in [1.165, 1.54) is 11.1 Å². The molecule has 1 unspecified atom stereocenters. The van der Waals surface area contributed by atoms with Crippen LogP contribution in [0.2, 0.25) is 5.02 Å². The zero-order valence-electron chi connectivity index (χ0n) is 11.9. The highest BCUT2D eigenvalue weighted by Gasteiger charge is 2.09. The van der Waals surface area contributed by atoms with Gasteiger partial charge in [-0.05, 0) is 29.7 Å². The van der Waals surface area contributed by atoms with Crippen molar-refractivity contribution < 1.29 is 4.74 Å². The molecule has 0 aliphatic heterocycles. The zero-order chi connectivity index (χ0) is 14.4. The van der Waals surface area contributed by atoms with Crippen molar-refractivity contribution in [2.45, 2.75) is 26.1 Å². The fourth-order valence-corrected chi connectivity index (χ4v) is 2.52. The average Bonchev–Trinajstić information content (AvgIpc) is 2.47. The molecule has 0 radical (unpaired) electrons. The quantitative estimate of drug-likeness (QED) is 0.854. The van der Waals surface area contributed by atoms with Gasteiger partial charge < -0.3 is 10.1 Å². The summed E-state index contributed by atoms with van der Waals surface area (Å²) in [5.74, 6) is 0. The first-order chi connectivity index (χ1) is 9.72. The Morgan fingerprint density at radius 3 is 2.40 bits per heavy atom. The number of halogens is 1. The van der Waals surface area contributed by atoms with E-state index in [2.05, 4.69) is 36.5 Å². The van der Waals surface area contributed by atoms with Crippen LogP contribution in [-0.2, 0) is 17.9 Å². The van der Waals surface area contributed by atoms with Crippen LogP contribution in [0.5, 0.6) is 0 Å². The zero-order valence-corrected chi connectivity index (χ0v) is 12.7. The van der Waals surface area contributed by atoms with Crippen LogP contribution >= 0.6 is 11.6 Å². The maximum absolute atomic E-state index is 6.22. The molecule has 0 saturated heterocycles. The van der Waals surface area contributed by atoms with Crippen LogP contribution in [0.1, 0.15) is 29.7 Å². The predicted molar refractivity (Wildman–Crippen MR) is 83.9 cm³/mol. The molecule has 2 nitrogen and oxygen atoms in total. The normalized spacial score (nSPS) is 12.3. The third kappa shape index (κ3) is 3.83. The lowest BCUT2D eigenvalue weighted by Crippen LogP contribution is -2.19. The maximum atomic E-state index is 6.22. The van der Waals surface area contributed by atoms with Gasteiger partial charge in [-0.3, -0.25) is 0 Å². The second kappa shape index (κ2) is 7.44. The molecular formula is C17H20ClNO. The number of hydrogen-bond acceptors (Lipinski definition) is 2. The predicted octanol–water partition coefficient (Wildman–Crippen LogP) is 4.34. The summed E-state index contributed by atoms with van der Waals surface area (Å²) in [6.07, 6.45) is 0. The number of methoxy groups -OCH3 is 1. The SMILES string of the molecule is COCc1ccccc1CNC(C)c1ccccc1Cl. The molecule has 0 saturated carbocycles. The average molecular weight is 290 g/mol. The monoisotopic (exact) mass is 289 g/mol. The van der Waals surface area contributed by atoms with E-state index in [1.54, 1.807) is 7.11 Å². The standard InChI is InChI=1S/C17H20ClNO/c1-13(16-9-5-6-10-17(16)18)19-11-14-7-3-4-8-15(14)12-20-2/h3-10,13,19H,11-12H2,1-2H3. The molecule has 1 N–H and O–H groups in total. The van der Waals surface area contributed by atoms with Crippen LogP contribution in [0.3, 0.4) is 0 Å². The Kier molecular flexibility index (Phi) is 5.60. The van der Waals surface area contributed by atoms with Crippen LogP contribution in [-0.4, -0.2) is 7.11 Å². The fourth-order valence-electron chi connectivity index (χ4n) is 2.23. The minimum Gasteiger partial charge on any atom is -0.380 e. The van der Waals surface area contributed by atoms with Crippen LogP contribution in [0.25, 0.3) is 0 Å². The molecule has 0 aliphatic rings. The Labute approximate surface area is 125 Å². The van der Waals surface area contributed by atoms with Crippen molar-refractivity contribution in [2.75, 3.05) is 7.11 Å². The van der Waals surface area contributed by atoms with Crippen LogP contribution in [0.4, 0.5) is 0 Å². The highest BCUT2D eigenvalue weighted by molar-refractivity contribution is 6.31. The van der Waals surface area contributed by atoms with Crippen molar-refractivity contribution in [2.24, 2.45) is 0 Å². The molecule has 0 heterocycles. The third-order valence-electron chi connectivity index (χ3n) is 3.39. The number of hydrogen-bond donors (Lipinski definition) is 1. The molecule has 2 rings (SSSR count). The Morgan fingerprint density at radius 1 is 1.05 bits per heavy atom. The molecule has 0 spiro atoms. The summed E-state index contributed by atoms with van der Waals surface area (Å²) in [4.78, 5) is 0. The van der Waals surface area contributed by atoms with Gasteiger partial charge in [-0.2, -0.15) is 0 Å². The summed E-state index contributed by atoms with van der Waals surface area (Å²) in [5, 5.41) is 4.32. The maximum Gasteiger partial charge on any atom is 0.0716 e. The summed E-state index contributed by atoms with van der Waals surface area (Å²) < 4.78 is 5.23. The first kappa shape index (κ1) is 15.0. The Morgan fingerprint density at radius 2 is 1.70 bits per heavy atom. The molecule has 1 atom stereocenters. The lowest BCUT2D eigenvalue weighted by Gasteiger charge is -2.17. The molecule has 2 aromatic carbocycles. The van der Waals surface area contributed by atoms with Gasteiger partial charge in [-0.15, -0.1) is 0 Å². The van der Waals surface area contributed by atoms with Gasteiger partial charge in [-0.1, -0.05) is 54.1 Å². The lowest BCUT2D eigenvalue weighted by atomic mass is 10.1. The van der Waals surface area contributed by atoms with E-state index in [4.69, 9.17) is 16.3 Å². The van der Waals surface area contributed by atoms with Crippen molar-refractivity contribution >= 4 is 11.6 Å². The lowest BCUT2D eigenvalue weighted by molar-refractivity contribution is 0.184. The number of benzene rings is 2. The topological polar surface area (TPSA) is 21.3 Å². The smallest absolute Gasteiger partial charge is 0.0716 e. The van der Waals surface area contributed by atoms with E-state index >= 15 is 0 Å². The van der Waals surface area contributed by atoms with Crippen molar-refractivity contribution in [3.05, 3.63) is 70.2 Å². The van der Waals surface area contributed by atoms with Gasteiger partial charge in [0, 0.05) is 24.7 Å². The highest BCUT2D eigenvalue weighted by atomic mass is 35.5. The van der Waals surface area contributed by atoms with E-state index in [1.807, 2.05) is 24.3 Å². The van der Waals surface area contributed by atoms with Crippen molar-refractivity contribution in [3.8, 4) is 0 Å². The summed E-state index contributed by atoms with van der Waals surface area (Å²) in [5.41, 5.74) is 3.60. The second-order valence-electron chi connectivity index (χ2n) is 4.83. The molecule has 3 heteroatoms. The van der Waals surface area contributed by atoms with Gasteiger partial charge in [0.25, 0.3) is 0 Å². The number of rotatable bonds is 6. The first-order valence-electron chi connectivity index (χ1n) is 6.76. The highest BCUT2D eigenvalue weighted by Crippen LogP contribution is 2.22. The Bertz CT molecular complexity index is 556. The second-order valence-corrected chi connectivity index (χ2v) is 5.23. The fraction of sp³-hybridized carbons (Fsp3) is 0.294. The third-order valence-corrected chi connectivity index (χ3v) is 3.73. The van der Waals surface area contributed by atoms with Gasteiger partial charge in [0.05, 0.1) is 6.61 Å². The van der Waals surface area contributed by atoms with E-state index in [0.29, 0.717) is 6.61 Å². The van der Waals surface area contributed by atoms with Crippen molar-refractivity contribution in [1.29, 1.82) is 0 Å². The molecule has 0 aliphatic carbocycles. The molecule has 20 heavy (non-hydrogen) atoms. The number of ether oxygens (including phenoxy) is 1. The minimum atomic E-state index is 0.208. The van der Waals surface area contributed by atoms with E-state index < -0.39 is 0 Å². The van der Waals surface area contributed by atoms with Crippen LogP contribution in [0, 0.1) is 0 Å². The molecular weight excluding hydrogens is 270 g/mol. The summed E-state index contributed by atoms with van der Waals surface area (Å²) >= 11 is 6.22. The van der Waals surface area contributed by atoms with E-state index in [0.717, 1.165) is 17.1 Å².